The molecule has 3 N–H and O–H groups in total. The Morgan fingerprint density at radius 2 is 2.11 bits per heavy atom. The monoisotopic (exact) mass is 262 g/mol. The average molecular weight is 263 g/mol. The predicted molar refractivity (Wildman–Crippen MR) is 70.6 cm³/mol. The minimum absolute atomic E-state index is 0.0947. The van der Waals surface area contributed by atoms with Crippen molar-refractivity contribution in [3.63, 3.8) is 0 Å². The molecule has 0 aliphatic carbocycles. The number of aromatic nitrogens is 2. The van der Waals surface area contributed by atoms with Crippen molar-refractivity contribution in [3.05, 3.63) is 46.9 Å². The Bertz CT molecular complexity index is 583. The normalized spacial score (nSPS) is 10.1. The Morgan fingerprint density at radius 1 is 1.33 bits per heavy atom. The summed E-state index contributed by atoms with van der Waals surface area (Å²) in [5.41, 5.74) is 7.05. The molecule has 0 radical (unpaired) electrons. The fourth-order valence-electron chi connectivity index (χ4n) is 1.35. The van der Waals surface area contributed by atoms with Crippen LogP contribution in [0.4, 0.5) is 11.5 Å². The highest BCUT2D eigenvalue weighted by Crippen LogP contribution is 2.17. The van der Waals surface area contributed by atoms with E-state index in [0.29, 0.717) is 5.69 Å². The predicted octanol–water partition coefficient (Wildman–Crippen LogP) is 2.27. The number of pyridine rings is 2. The van der Waals surface area contributed by atoms with Gasteiger partial charge < -0.3 is 11.1 Å². The van der Waals surface area contributed by atoms with Crippen molar-refractivity contribution in [3.8, 4) is 0 Å². The number of aryl methyl sites for hydroxylation is 1. The van der Waals surface area contributed by atoms with E-state index in [0.717, 1.165) is 5.69 Å². The van der Waals surface area contributed by atoms with Crippen LogP contribution in [0.25, 0.3) is 0 Å². The molecule has 92 valence electrons. The fraction of sp³-hybridized carbons (Fsp3) is 0.0833. The molecule has 2 heterocycles. The molecule has 2 aromatic rings. The molecule has 2 rings (SSSR count). The zero-order valence-electron chi connectivity index (χ0n) is 9.64. The van der Waals surface area contributed by atoms with E-state index < -0.39 is 5.91 Å². The second-order valence-electron chi connectivity index (χ2n) is 3.71. The molecule has 0 aromatic carbocycles. The van der Waals surface area contributed by atoms with Crippen LogP contribution in [-0.4, -0.2) is 15.9 Å². The van der Waals surface area contributed by atoms with Gasteiger partial charge in [-0.05, 0) is 31.2 Å². The topological polar surface area (TPSA) is 80.9 Å². The number of anilines is 2. The third kappa shape index (κ3) is 2.75. The Morgan fingerprint density at radius 3 is 2.78 bits per heavy atom. The first-order valence-electron chi connectivity index (χ1n) is 5.22. The highest BCUT2D eigenvalue weighted by Gasteiger charge is 2.12. The van der Waals surface area contributed by atoms with Crippen LogP contribution in [-0.2, 0) is 0 Å². The van der Waals surface area contributed by atoms with E-state index in [1.165, 1.54) is 12.1 Å². The summed E-state index contributed by atoms with van der Waals surface area (Å²) in [7, 11) is 0. The first kappa shape index (κ1) is 12.3. The summed E-state index contributed by atoms with van der Waals surface area (Å²) in [5.74, 6) is -0.176. The van der Waals surface area contributed by atoms with Gasteiger partial charge in [0.25, 0.3) is 5.91 Å². The molecule has 0 saturated heterocycles. The van der Waals surface area contributed by atoms with Gasteiger partial charge >= 0.3 is 0 Å². The van der Waals surface area contributed by atoms with Crippen LogP contribution >= 0.6 is 11.6 Å². The third-order valence-corrected chi connectivity index (χ3v) is 2.56. The molecule has 18 heavy (non-hydrogen) atoms. The van der Waals surface area contributed by atoms with Gasteiger partial charge in [0.1, 0.15) is 11.5 Å². The number of hydrogen-bond donors (Lipinski definition) is 2. The second kappa shape index (κ2) is 5.01. The molecule has 0 bridgehead atoms. The van der Waals surface area contributed by atoms with Crippen molar-refractivity contribution >= 4 is 29.0 Å². The van der Waals surface area contributed by atoms with Gasteiger partial charge in [0.2, 0.25) is 0 Å². The Balaban J connectivity index is 2.21. The number of nitrogens with one attached hydrogen (secondary N) is 1. The van der Waals surface area contributed by atoms with Crippen molar-refractivity contribution in [2.24, 2.45) is 0 Å². The minimum atomic E-state index is -0.419. The zero-order chi connectivity index (χ0) is 13.1. The quantitative estimate of drug-likeness (QED) is 0.870. The van der Waals surface area contributed by atoms with E-state index >= 15 is 0 Å². The van der Waals surface area contributed by atoms with Crippen LogP contribution in [0.3, 0.4) is 0 Å². The molecule has 1 amide bonds. The number of hydrogen-bond acceptors (Lipinski definition) is 4. The van der Waals surface area contributed by atoms with Gasteiger partial charge in [-0.15, -0.1) is 0 Å². The number of carbonyl (C=O) groups is 1. The van der Waals surface area contributed by atoms with E-state index in [4.69, 9.17) is 17.3 Å². The first-order valence-corrected chi connectivity index (χ1v) is 5.60. The van der Waals surface area contributed by atoms with Gasteiger partial charge in [-0.3, -0.25) is 9.78 Å². The van der Waals surface area contributed by atoms with Gasteiger partial charge in [0.05, 0.1) is 16.9 Å². The molecule has 0 aliphatic rings. The molecule has 0 saturated carbocycles. The average Bonchev–Trinajstić information content (AvgIpc) is 2.35. The summed E-state index contributed by atoms with van der Waals surface area (Å²) in [5, 5.41) is 2.90. The van der Waals surface area contributed by atoms with E-state index in [9.17, 15) is 4.79 Å². The SMILES string of the molecule is Cc1ccc(NC(=O)c2nc(N)ccc2Cl)cn1. The van der Waals surface area contributed by atoms with E-state index in [2.05, 4.69) is 15.3 Å². The molecule has 0 spiro atoms. The Kier molecular flexibility index (Phi) is 3.43. The smallest absolute Gasteiger partial charge is 0.275 e. The fourth-order valence-corrected chi connectivity index (χ4v) is 1.54. The standard InChI is InChI=1S/C12H11ClN4O/c1-7-2-3-8(6-15-7)16-12(18)11-9(13)4-5-10(14)17-11/h2-6H,1H3,(H2,14,17)(H,16,18). The maximum Gasteiger partial charge on any atom is 0.275 e. The van der Waals surface area contributed by atoms with Crippen molar-refractivity contribution < 1.29 is 4.79 Å². The lowest BCUT2D eigenvalue weighted by Crippen LogP contribution is -2.15. The van der Waals surface area contributed by atoms with Gasteiger partial charge in [0, 0.05) is 5.69 Å². The van der Waals surface area contributed by atoms with Crippen molar-refractivity contribution in [2.75, 3.05) is 11.1 Å². The number of rotatable bonds is 2. The maximum atomic E-state index is 11.9. The lowest BCUT2D eigenvalue weighted by atomic mass is 10.3. The van der Waals surface area contributed by atoms with Crippen LogP contribution in [0, 0.1) is 6.92 Å². The highest BCUT2D eigenvalue weighted by atomic mass is 35.5. The lowest BCUT2D eigenvalue weighted by Gasteiger charge is -2.06. The summed E-state index contributed by atoms with van der Waals surface area (Å²) >= 11 is 5.89. The summed E-state index contributed by atoms with van der Waals surface area (Å²) in [6, 6.07) is 6.61. The molecular weight excluding hydrogens is 252 g/mol. The van der Waals surface area contributed by atoms with Gasteiger partial charge in [-0.25, -0.2) is 4.98 Å². The Labute approximate surface area is 109 Å². The summed E-state index contributed by atoms with van der Waals surface area (Å²) in [4.78, 5) is 19.9. The van der Waals surface area contributed by atoms with Gasteiger partial charge in [-0.2, -0.15) is 0 Å². The molecule has 6 heteroatoms. The number of nitrogens with zero attached hydrogens (tertiary/aromatic N) is 2. The number of nitrogen functional groups attached to an aromatic ring is 1. The van der Waals surface area contributed by atoms with Crippen molar-refractivity contribution in [1.82, 2.24) is 9.97 Å². The van der Waals surface area contributed by atoms with Crippen molar-refractivity contribution in [2.45, 2.75) is 6.92 Å². The number of carbonyl (C=O) groups excluding carboxylic acids is 1. The Hall–Kier alpha value is -2.14. The summed E-state index contributed by atoms with van der Waals surface area (Å²) in [6.45, 7) is 1.86. The molecule has 0 unspecified atom stereocenters. The van der Waals surface area contributed by atoms with Crippen LogP contribution in [0.15, 0.2) is 30.5 Å². The number of halogens is 1. The maximum absolute atomic E-state index is 11.9. The van der Waals surface area contributed by atoms with E-state index in [-0.39, 0.29) is 16.5 Å². The van der Waals surface area contributed by atoms with Crippen molar-refractivity contribution in [1.29, 1.82) is 0 Å². The third-order valence-electron chi connectivity index (χ3n) is 2.25. The van der Waals surface area contributed by atoms with Crippen LogP contribution in [0.2, 0.25) is 5.02 Å². The van der Waals surface area contributed by atoms with E-state index in [1.54, 1.807) is 18.3 Å². The molecule has 5 nitrogen and oxygen atoms in total. The first-order chi connectivity index (χ1) is 8.56. The number of amides is 1. The van der Waals surface area contributed by atoms with Crippen LogP contribution < -0.4 is 11.1 Å². The zero-order valence-corrected chi connectivity index (χ0v) is 10.4. The molecule has 2 aromatic heterocycles. The summed E-state index contributed by atoms with van der Waals surface area (Å²) < 4.78 is 0. The number of nitrogens with two attached hydrogens (primary N) is 1. The molecular formula is C12H11ClN4O. The summed E-state index contributed by atoms with van der Waals surface area (Å²) in [6.07, 6.45) is 1.56. The highest BCUT2D eigenvalue weighted by molar-refractivity contribution is 6.34. The van der Waals surface area contributed by atoms with Crippen LogP contribution in [0.1, 0.15) is 16.2 Å². The van der Waals surface area contributed by atoms with Crippen LogP contribution in [0.5, 0.6) is 0 Å². The van der Waals surface area contributed by atoms with E-state index in [1.807, 2.05) is 6.92 Å². The van der Waals surface area contributed by atoms with Gasteiger partial charge in [-0.1, -0.05) is 11.6 Å². The second-order valence-corrected chi connectivity index (χ2v) is 4.12. The largest absolute Gasteiger partial charge is 0.384 e. The molecule has 0 fully saturated rings. The molecule has 0 aliphatic heterocycles. The minimum Gasteiger partial charge on any atom is -0.384 e. The molecule has 0 atom stereocenters. The lowest BCUT2D eigenvalue weighted by molar-refractivity contribution is 0.102. The van der Waals surface area contributed by atoms with Gasteiger partial charge in [0.15, 0.2) is 0 Å².